The quantitative estimate of drug-likeness (QED) is 0.639. The molecule has 0 spiro atoms. The first-order valence-corrected chi connectivity index (χ1v) is 8.25. The second kappa shape index (κ2) is 8.41. The predicted octanol–water partition coefficient (Wildman–Crippen LogP) is 2.67. The highest BCUT2D eigenvalue weighted by Crippen LogP contribution is 2.25. The maximum atomic E-state index is 12.3. The third kappa shape index (κ3) is 4.37. The minimum atomic E-state index is -0.279. The topological polar surface area (TPSA) is 86.8 Å². The number of nitrogens with one attached hydrogen (secondary N) is 1. The number of carbonyl (C=O) groups is 1. The van der Waals surface area contributed by atoms with Gasteiger partial charge in [0.2, 0.25) is 0 Å². The molecule has 0 radical (unpaired) electrons. The number of urea groups is 1. The largest absolute Gasteiger partial charge is 0.337 e. The molecular formula is C14H15ClN6OS. The number of nitrogens with zero attached hydrogens (tertiary/aromatic N) is 5. The van der Waals surface area contributed by atoms with E-state index in [1.807, 2.05) is 18.4 Å². The maximum absolute atomic E-state index is 12.3. The number of thioether (sulfide) groups is 1. The lowest BCUT2D eigenvalue weighted by molar-refractivity contribution is 0.247. The first-order valence-electron chi connectivity index (χ1n) is 6.89. The minimum absolute atomic E-state index is 0.234. The third-order valence-electron chi connectivity index (χ3n) is 2.96. The van der Waals surface area contributed by atoms with Crippen LogP contribution in [0.15, 0.2) is 30.7 Å². The van der Waals surface area contributed by atoms with Crippen LogP contribution < -0.4 is 10.2 Å². The van der Waals surface area contributed by atoms with Crippen molar-refractivity contribution in [2.24, 2.45) is 0 Å². The van der Waals surface area contributed by atoms with E-state index < -0.39 is 0 Å². The molecule has 0 saturated heterocycles. The van der Waals surface area contributed by atoms with Crippen molar-refractivity contribution < 1.29 is 4.79 Å². The number of hydrogen-bond donors (Lipinski definition) is 1. The molecule has 23 heavy (non-hydrogen) atoms. The number of halogens is 1. The van der Waals surface area contributed by atoms with Gasteiger partial charge in [-0.1, -0.05) is 11.6 Å². The van der Waals surface area contributed by atoms with Crippen molar-refractivity contribution in [3.05, 3.63) is 35.9 Å². The van der Waals surface area contributed by atoms with Crippen molar-refractivity contribution >= 4 is 35.1 Å². The number of amides is 2. The summed E-state index contributed by atoms with van der Waals surface area (Å²) >= 11 is 7.27. The number of thiocyanates is 1. The van der Waals surface area contributed by atoms with Gasteiger partial charge in [-0.15, -0.1) is 0 Å². The second-order valence-corrected chi connectivity index (χ2v) is 5.61. The van der Waals surface area contributed by atoms with E-state index in [1.54, 1.807) is 29.3 Å². The van der Waals surface area contributed by atoms with Gasteiger partial charge in [-0.25, -0.2) is 9.48 Å². The summed E-state index contributed by atoms with van der Waals surface area (Å²) in [6, 6.07) is 3.36. The highest BCUT2D eigenvalue weighted by atomic mass is 35.5. The average Bonchev–Trinajstić information content (AvgIpc) is 2.95. The molecule has 120 valence electrons. The van der Waals surface area contributed by atoms with E-state index in [4.69, 9.17) is 16.9 Å². The van der Waals surface area contributed by atoms with Gasteiger partial charge in [0.1, 0.15) is 11.1 Å². The zero-order valence-electron chi connectivity index (χ0n) is 12.4. The van der Waals surface area contributed by atoms with Crippen LogP contribution in [0.3, 0.4) is 0 Å². The molecule has 2 aromatic heterocycles. The summed E-state index contributed by atoms with van der Waals surface area (Å²) in [6.45, 7) is 2.69. The fraction of sp³-hybridized carbons (Fsp3) is 0.286. The Morgan fingerprint density at radius 1 is 1.61 bits per heavy atom. The van der Waals surface area contributed by atoms with Gasteiger partial charge in [0.05, 0.1) is 18.1 Å². The summed E-state index contributed by atoms with van der Waals surface area (Å²) in [7, 11) is 0. The molecule has 9 heteroatoms. The van der Waals surface area contributed by atoms with Crippen LogP contribution in [0.25, 0.3) is 5.69 Å². The van der Waals surface area contributed by atoms with E-state index in [-0.39, 0.29) is 11.2 Å². The summed E-state index contributed by atoms with van der Waals surface area (Å²) in [5.41, 5.74) is 1.27. The minimum Gasteiger partial charge on any atom is -0.337 e. The summed E-state index contributed by atoms with van der Waals surface area (Å²) in [5, 5.41) is 17.6. The number of nitriles is 1. The number of pyridine rings is 1. The van der Waals surface area contributed by atoms with E-state index >= 15 is 0 Å². The van der Waals surface area contributed by atoms with Crippen molar-refractivity contribution in [2.75, 3.05) is 23.7 Å². The van der Waals surface area contributed by atoms with Crippen LogP contribution >= 0.6 is 23.4 Å². The van der Waals surface area contributed by atoms with Crippen molar-refractivity contribution in [1.82, 2.24) is 20.1 Å². The van der Waals surface area contributed by atoms with E-state index in [1.165, 1.54) is 4.90 Å². The number of hydrogen-bond acceptors (Lipinski definition) is 5. The summed E-state index contributed by atoms with van der Waals surface area (Å²) < 4.78 is 1.58. The molecule has 0 fully saturated rings. The fourth-order valence-electron chi connectivity index (χ4n) is 1.92. The Kier molecular flexibility index (Phi) is 6.26. The summed E-state index contributed by atoms with van der Waals surface area (Å²) in [6.07, 6.45) is 5.01. The molecule has 2 heterocycles. The lowest BCUT2D eigenvalue weighted by atomic mass is 10.4. The van der Waals surface area contributed by atoms with Gasteiger partial charge in [0.25, 0.3) is 0 Å². The molecule has 2 amide bonds. The zero-order valence-corrected chi connectivity index (χ0v) is 14.0. The molecule has 0 unspecified atom stereocenters. The van der Waals surface area contributed by atoms with Crippen molar-refractivity contribution in [1.29, 1.82) is 5.26 Å². The van der Waals surface area contributed by atoms with Gasteiger partial charge in [-0.2, -0.15) is 10.4 Å². The summed E-state index contributed by atoms with van der Waals surface area (Å²) in [5.74, 6) is 0.530. The monoisotopic (exact) mass is 350 g/mol. The van der Waals surface area contributed by atoms with Gasteiger partial charge < -0.3 is 5.32 Å². The van der Waals surface area contributed by atoms with Crippen LogP contribution in [-0.2, 0) is 0 Å². The van der Waals surface area contributed by atoms with Gasteiger partial charge >= 0.3 is 6.03 Å². The maximum Gasteiger partial charge on any atom is 0.322 e. The van der Waals surface area contributed by atoms with Crippen molar-refractivity contribution in [3.8, 4) is 11.1 Å². The third-order valence-corrected chi connectivity index (χ3v) is 3.77. The highest BCUT2D eigenvalue weighted by Gasteiger charge is 2.19. The van der Waals surface area contributed by atoms with E-state index in [9.17, 15) is 4.79 Å². The van der Waals surface area contributed by atoms with E-state index in [2.05, 4.69) is 15.4 Å². The average molecular weight is 351 g/mol. The molecule has 0 bridgehead atoms. The summed E-state index contributed by atoms with van der Waals surface area (Å²) in [4.78, 5) is 17.8. The second-order valence-electron chi connectivity index (χ2n) is 4.38. The number of anilines is 1. The van der Waals surface area contributed by atoms with Crippen LogP contribution in [0.4, 0.5) is 10.5 Å². The zero-order chi connectivity index (χ0) is 16.7. The van der Waals surface area contributed by atoms with Gasteiger partial charge in [0.15, 0.2) is 5.15 Å². The van der Waals surface area contributed by atoms with Gasteiger partial charge in [-0.3, -0.25) is 9.88 Å². The molecule has 2 aromatic rings. The van der Waals surface area contributed by atoms with Gasteiger partial charge in [-0.05, 0) is 30.8 Å². The molecule has 1 N–H and O–H groups in total. The molecule has 0 atom stereocenters. The lowest BCUT2D eigenvalue weighted by Gasteiger charge is -2.19. The Morgan fingerprint density at radius 3 is 3.09 bits per heavy atom. The first-order chi connectivity index (χ1) is 11.2. The molecule has 0 saturated carbocycles. The normalized spacial score (nSPS) is 10.1. The molecule has 0 aromatic carbocycles. The molecule has 0 aliphatic rings. The Bertz CT molecular complexity index is 699. The Labute approximate surface area is 143 Å². The number of carbonyl (C=O) groups excluding carboxylic acids is 1. The highest BCUT2D eigenvalue weighted by molar-refractivity contribution is 8.03. The molecule has 2 rings (SSSR count). The molecule has 7 nitrogen and oxygen atoms in total. The van der Waals surface area contributed by atoms with Crippen molar-refractivity contribution in [2.45, 2.75) is 6.92 Å². The van der Waals surface area contributed by atoms with Crippen LogP contribution in [0.2, 0.25) is 5.15 Å². The Morgan fingerprint density at radius 2 is 2.43 bits per heavy atom. The lowest BCUT2D eigenvalue weighted by Crippen LogP contribution is -2.40. The Hall–Kier alpha value is -2.24. The molecule has 0 aliphatic heterocycles. The fourth-order valence-corrected chi connectivity index (χ4v) is 2.45. The number of aromatic nitrogens is 3. The SMILES string of the molecule is CCN(C(=O)NCCSC#N)c1cn(-c2cccnc2)nc1Cl. The van der Waals surface area contributed by atoms with Crippen molar-refractivity contribution in [3.63, 3.8) is 0 Å². The van der Waals surface area contributed by atoms with E-state index in [0.29, 0.717) is 24.5 Å². The molecular weight excluding hydrogens is 336 g/mol. The predicted molar refractivity (Wildman–Crippen MR) is 90.9 cm³/mol. The van der Waals surface area contributed by atoms with Crippen LogP contribution in [0, 0.1) is 10.7 Å². The smallest absolute Gasteiger partial charge is 0.322 e. The Balaban J connectivity index is 2.14. The first kappa shape index (κ1) is 17.1. The van der Waals surface area contributed by atoms with Crippen LogP contribution in [0.5, 0.6) is 0 Å². The van der Waals surface area contributed by atoms with E-state index in [0.717, 1.165) is 17.4 Å². The van der Waals surface area contributed by atoms with Crippen LogP contribution in [0.1, 0.15) is 6.92 Å². The number of rotatable bonds is 6. The molecule has 0 aliphatic carbocycles. The standard InChI is InChI=1S/C14H15ClN6OS/c1-2-20(14(22)18-6-7-23-10-16)12-9-21(19-13(12)15)11-4-3-5-17-8-11/h3-5,8-9H,2,6-7H2,1H3,(H,18,22). The van der Waals surface area contributed by atoms with Gasteiger partial charge in [0, 0.05) is 25.0 Å². The van der Waals surface area contributed by atoms with Crippen LogP contribution in [-0.4, -0.2) is 39.6 Å².